The summed E-state index contributed by atoms with van der Waals surface area (Å²) in [5, 5.41) is 3.73. The Morgan fingerprint density at radius 1 is 1.21 bits per heavy atom. The number of aromatic amines is 1. The number of hydrogen-bond acceptors (Lipinski definition) is 4. The molecule has 0 saturated heterocycles. The molecule has 0 fully saturated rings. The quantitative estimate of drug-likeness (QED) is 0.774. The number of para-hydroxylation sites is 1. The summed E-state index contributed by atoms with van der Waals surface area (Å²) in [5.74, 6) is 1.83. The van der Waals surface area contributed by atoms with Gasteiger partial charge in [0.05, 0.1) is 18.2 Å². The topological polar surface area (TPSA) is 72.6 Å². The standard InChI is InChI=1S/C18H16N2O4/c1-10-16(12-4-3-5-14(22-2)17(12)19-10)18(21)20-11-6-7-13-15(8-11)24-9-23-13/h3-8,19H,9H2,1-2H3,(H,20,21). The van der Waals surface area contributed by atoms with Gasteiger partial charge in [0, 0.05) is 22.8 Å². The van der Waals surface area contributed by atoms with Gasteiger partial charge in [-0.1, -0.05) is 12.1 Å². The molecule has 2 aromatic carbocycles. The zero-order valence-corrected chi connectivity index (χ0v) is 13.3. The molecule has 2 N–H and O–H groups in total. The van der Waals surface area contributed by atoms with E-state index in [0.29, 0.717) is 28.5 Å². The molecule has 0 unspecified atom stereocenters. The van der Waals surface area contributed by atoms with Crippen molar-refractivity contribution in [1.82, 2.24) is 4.98 Å². The lowest BCUT2D eigenvalue weighted by Gasteiger charge is -2.07. The zero-order valence-electron chi connectivity index (χ0n) is 13.3. The minimum Gasteiger partial charge on any atom is -0.495 e. The second-order valence-corrected chi connectivity index (χ2v) is 5.53. The number of ether oxygens (including phenoxy) is 3. The van der Waals surface area contributed by atoms with Crippen molar-refractivity contribution in [3.8, 4) is 17.2 Å². The Morgan fingerprint density at radius 2 is 2.04 bits per heavy atom. The van der Waals surface area contributed by atoms with E-state index in [1.165, 1.54) is 0 Å². The van der Waals surface area contributed by atoms with E-state index in [4.69, 9.17) is 14.2 Å². The molecule has 6 nitrogen and oxygen atoms in total. The molecule has 1 aliphatic heterocycles. The first-order valence-corrected chi connectivity index (χ1v) is 7.53. The average molecular weight is 324 g/mol. The highest BCUT2D eigenvalue weighted by Gasteiger charge is 2.19. The third-order valence-electron chi connectivity index (χ3n) is 4.06. The number of carbonyl (C=O) groups is 1. The summed E-state index contributed by atoms with van der Waals surface area (Å²) in [6.45, 7) is 2.07. The van der Waals surface area contributed by atoms with Gasteiger partial charge < -0.3 is 24.5 Å². The van der Waals surface area contributed by atoms with Crippen molar-refractivity contribution < 1.29 is 19.0 Å². The van der Waals surface area contributed by atoms with Gasteiger partial charge in [0.1, 0.15) is 5.75 Å². The Morgan fingerprint density at radius 3 is 2.88 bits per heavy atom. The number of methoxy groups -OCH3 is 1. The van der Waals surface area contributed by atoms with Gasteiger partial charge >= 0.3 is 0 Å². The molecule has 6 heteroatoms. The van der Waals surface area contributed by atoms with E-state index in [2.05, 4.69) is 10.3 Å². The highest BCUT2D eigenvalue weighted by molar-refractivity contribution is 6.14. The van der Waals surface area contributed by atoms with Crippen molar-refractivity contribution in [2.24, 2.45) is 0 Å². The van der Waals surface area contributed by atoms with Crippen molar-refractivity contribution in [2.75, 3.05) is 19.2 Å². The summed E-state index contributed by atoms with van der Waals surface area (Å²) in [6, 6.07) is 10.9. The van der Waals surface area contributed by atoms with E-state index in [1.807, 2.05) is 25.1 Å². The van der Waals surface area contributed by atoms with Crippen LogP contribution in [-0.4, -0.2) is 24.8 Å². The van der Waals surface area contributed by atoms with Crippen molar-refractivity contribution in [2.45, 2.75) is 6.92 Å². The van der Waals surface area contributed by atoms with Gasteiger partial charge in [0.25, 0.3) is 5.91 Å². The highest BCUT2D eigenvalue weighted by Crippen LogP contribution is 2.35. The van der Waals surface area contributed by atoms with Crippen LogP contribution in [-0.2, 0) is 0 Å². The molecule has 24 heavy (non-hydrogen) atoms. The van der Waals surface area contributed by atoms with Gasteiger partial charge in [-0.05, 0) is 25.1 Å². The SMILES string of the molecule is COc1cccc2c(C(=O)Nc3ccc4c(c3)OCO4)c(C)[nH]c12. The lowest BCUT2D eigenvalue weighted by atomic mass is 10.1. The van der Waals surface area contributed by atoms with Crippen LogP contribution in [0.1, 0.15) is 16.1 Å². The van der Waals surface area contributed by atoms with Crippen LogP contribution in [0.4, 0.5) is 5.69 Å². The minimum atomic E-state index is -0.189. The summed E-state index contributed by atoms with van der Waals surface area (Å²) in [5.41, 5.74) is 2.85. The van der Waals surface area contributed by atoms with Crippen LogP contribution in [0.5, 0.6) is 17.2 Å². The number of amides is 1. The summed E-state index contributed by atoms with van der Waals surface area (Å²) < 4.78 is 16.0. The number of benzene rings is 2. The van der Waals surface area contributed by atoms with Crippen LogP contribution < -0.4 is 19.5 Å². The molecule has 3 aromatic rings. The molecule has 0 saturated carbocycles. The third kappa shape index (κ3) is 2.23. The summed E-state index contributed by atoms with van der Waals surface area (Å²) in [6.07, 6.45) is 0. The second kappa shape index (κ2) is 5.49. The molecule has 0 atom stereocenters. The van der Waals surface area contributed by atoms with Crippen LogP contribution in [0.25, 0.3) is 10.9 Å². The molecule has 4 rings (SSSR count). The van der Waals surface area contributed by atoms with Crippen molar-refractivity contribution in [3.05, 3.63) is 47.7 Å². The number of carbonyl (C=O) groups excluding carboxylic acids is 1. The van der Waals surface area contributed by atoms with Crippen molar-refractivity contribution >= 4 is 22.5 Å². The van der Waals surface area contributed by atoms with Gasteiger partial charge in [-0.3, -0.25) is 4.79 Å². The predicted molar refractivity (Wildman–Crippen MR) is 90.1 cm³/mol. The fourth-order valence-corrected chi connectivity index (χ4v) is 2.95. The van der Waals surface area contributed by atoms with Gasteiger partial charge in [-0.25, -0.2) is 0 Å². The number of fused-ring (bicyclic) bond motifs is 2. The van der Waals surface area contributed by atoms with Crippen molar-refractivity contribution in [3.63, 3.8) is 0 Å². The lowest BCUT2D eigenvalue weighted by Crippen LogP contribution is -2.12. The van der Waals surface area contributed by atoms with Gasteiger partial charge in [0.15, 0.2) is 11.5 Å². The Kier molecular flexibility index (Phi) is 3.30. The molecule has 0 spiro atoms. The zero-order chi connectivity index (χ0) is 16.7. The van der Waals surface area contributed by atoms with Crippen LogP contribution in [0, 0.1) is 6.92 Å². The smallest absolute Gasteiger partial charge is 0.258 e. The summed E-state index contributed by atoms with van der Waals surface area (Å²) in [4.78, 5) is 16.0. The Balaban J connectivity index is 1.70. The molecule has 0 bridgehead atoms. The first kappa shape index (κ1) is 14.4. The van der Waals surface area contributed by atoms with Crippen LogP contribution in [0.15, 0.2) is 36.4 Å². The van der Waals surface area contributed by atoms with Crippen LogP contribution >= 0.6 is 0 Å². The Labute approximate surface area is 138 Å². The number of rotatable bonds is 3. The molecular formula is C18H16N2O4. The van der Waals surface area contributed by atoms with Gasteiger partial charge in [-0.15, -0.1) is 0 Å². The molecule has 2 heterocycles. The largest absolute Gasteiger partial charge is 0.495 e. The number of aryl methyl sites for hydroxylation is 1. The van der Waals surface area contributed by atoms with Crippen LogP contribution in [0.3, 0.4) is 0 Å². The van der Waals surface area contributed by atoms with Crippen molar-refractivity contribution in [1.29, 1.82) is 0 Å². The maximum Gasteiger partial charge on any atom is 0.258 e. The molecule has 0 aliphatic carbocycles. The summed E-state index contributed by atoms with van der Waals surface area (Å²) >= 11 is 0. The molecule has 0 radical (unpaired) electrons. The first-order valence-electron chi connectivity index (χ1n) is 7.53. The predicted octanol–water partition coefficient (Wildman–Crippen LogP) is 3.47. The number of nitrogens with one attached hydrogen (secondary N) is 2. The monoisotopic (exact) mass is 324 g/mol. The normalized spacial score (nSPS) is 12.4. The van der Waals surface area contributed by atoms with Gasteiger partial charge in [-0.2, -0.15) is 0 Å². The van der Waals surface area contributed by atoms with E-state index in [9.17, 15) is 4.79 Å². The lowest BCUT2D eigenvalue weighted by molar-refractivity contribution is 0.102. The molecule has 1 aromatic heterocycles. The maximum absolute atomic E-state index is 12.8. The Hall–Kier alpha value is -3.15. The molecule has 122 valence electrons. The minimum absolute atomic E-state index is 0.189. The Bertz CT molecular complexity index is 946. The number of aromatic nitrogens is 1. The number of H-pyrrole nitrogens is 1. The van der Waals surface area contributed by atoms with E-state index in [-0.39, 0.29) is 12.7 Å². The average Bonchev–Trinajstić information content (AvgIpc) is 3.16. The first-order chi connectivity index (χ1) is 11.7. The van der Waals surface area contributed by atoms with E-state index in [0.717, 1.165) is 16.6 Å². The summed E-state index contributed by atoms with van der Waals surface area (Å²) in [7, 11) is 1.61. The third-order valence-corrected chi connectivity index (χ3v) is 4.06. The number of hydrogen-bond donors (Lipinski definition) is 2. The maximum atomic E-state index is 12.8. The highest BCUT2D eigenvalue weighted by atomic mass is 16.7. The van der Waals surface area contributed by atoms with E-state index < -0.39 is 0 Å². The second-order valence-electron chi connectivity index (χ2n) is 5.53. The van der Waals surface area contributed by atoms with E-state index >= 15 is 0 Å². The molecule has 1 aliphatic rings. The fraction of sp³-hybridized carbons (Fsp3) is 0.167. The van der Waals surface area contributed by atoms with Gasteiger partial charge in [0.2, 0.25) is 6.79 Å². The van der Waals surface area contributed by atoms with Crippen LogP contribution in [0.2, 0.25) is 0 Å². The number of anilines is 1. The molecular weight excluding hydrogens is 308 g/mol. The molecule has 1 amide bonds. The fourth-order valence-electron chi connectivity index (χ4n) is 2.95. The van der Waals surface area contributed by atoms with E-state index in [1.54, 1.807) is 25.3 Å².